The maximum absolute atomic E-state index is 10.4. The van der Waals surface area contributed by atoms with Crippen LogP contribution in [0.25, 0.3) is 0 Å². The van der Waals surface area contributed by atoms with E-state index in [4.69, 9.17) is 15.2 Å². The second-order valence-electron chi connectivity index (χ2n) is 4.92. The zero-order chi connectivity index (χ0) is 15.9. The summed E-state index contributed by atoms with van der Waals surface area (Å²) in [6.45, 7) is 2.00. The lowest BCUT2D eigenvalue weighted by atomic mass is 10.1. The van der Waals surface area contributed by atoms with Gasteiger partial charge in [-0.3, -0.25) is 4.99 Å². The molecule has 1 aliphatic rings. The molecule has 0 aromatic heterocycles. The summed E-state index contributed by atoms with van der Waals surface area (Å²) in [5, 5.41) is 10.4. The third kappa shape index (κ3) is 4.20. The van der Waals surface area contributed by atoms with Crippen molar-refractivity contribution in [1.82, 2.24) is 4.90 Å². The number of benzene rings is 1. The molecule has 1 aromatic carbocycles. The molecule has 0 amide bonds. The Morgan fingerprint density at radius 3 is 2.73 bits per heavy atom. The summed E-state index contributed by atoms with van der Waals surface area (Å²) >= 11 is 1.91. The molecule has 1 unspecified atom stereocenters. The molecule has 2 rings (SSSR count). The van der Waals surface area contributed by atoms with Gasteiger partial charge in [0.2, 0.25) is 0 Å². The van der Waals surface area contributed by atoms with Crippen molar-refractivity contribution >= 4 is 17.7 Å². The van der Waals surface area contributed by atoms with Gasteiger partial charge in [0.1, 0.15) is 17.6 Å². The summed E-state index contributed by atoms with van der Waals surface area (Å²) in [4.78, 5) is 6.37. The zero-order valence-electron chi connectivity index (χ0n) is 13.0. The number of rotatable bonds is 5. The van der Waals surface area contributed by atoms with Gasteiger partial charge in [-0.15, -0.1) is 0 Å². The van der Waals surface area contributed by atoms with Gasteiger partial charge in [-0.05, 0) is 18.2 Å². The topological polar surface area (TPSA) is 80.3 Å². The number of aliphatic hydroxyl groups excluding tert-OH is 1. The number of guanidine groups is 1. The molecule has 1 saturated heterocycles. The molecule has 1 atom stereocenters. The number of hydrogen-bond donors (Lipinski definition) is 2. The fourth-order valence-electron chi connectivity index (χ4n) is 2.27. The fraction of sp³-hybridized carbons (Fsp3) is 0.533. The maximum Gasteiger partial charge on any atom is 0.191 e. The van der Waals surface area contributed by atoms with Crippen LogP contribution in [0, 0.1) is 0 Å². The van der Waals surface area contributed by atoms with Crippen LogP contribution in [-0.2, 0) is 0 Å². The number of methoxy groups -OCH3 is 2. The SMILES string of the molecule is COc1ccc(OC)c(C(O)CN=C(N)N2CCSCC2)c1. The minimum absolute atomic E-state index is 0.193. The molecule has 3 N–H and O–H groups in total. The fourth-order valence-corrected chi connectivity index (χ4v) is 3.17. The number of aliphatic imine (C=N–C) groups is 1. The standard InChI is InChI=1S/C15H23N3O3S/c1-20-11-3-4-14(21-2)12(9-11)13(19)10-17-15(16)18-5-7-22-8-6-18/h3-4,9,13,19H,5-8,10H2,1-2H3,(H2,16,17). The number of ether oxygens (including phenoxy) is 2. The molecule has 0 radical (unpaired) electrons. The van der Waals surface area contributed by atoms with Crippen molar-refractivity contribution in [1.29, 1.82) is 0 Å². The number of thioether (sulfide) groups is 1. The molecule has 0 bridgehead atoms. The summed E-state index contributed by atoms with van der Waals surface area (Å²) in [6, 6.07) is 5.32. The van der Waals surface area contributed by atoms with Crippen LogP contribution in [0.3, 0.4) is 0 Å². The van der Waals surface area contributed by atoms with E-state index in [1.807, 2.05) is 16.7 Å². The monoisotopic (exact) mass is 325 g/mol. The zero-order valence-corrected chi connectivity index (χ0v) is 13.8. The third-order valence-corrected chi connectivity index (χ3v) is 4.50. The van der Waals surface area contributed by atoms with Gasteiger partial charge in [-0.2, -0.15) is 11.8 Å². The predicted octanol–water partition coefficient (Wildman–Crippen LogP) is 1.10. The number of hydrogen-bond acceptors (Lipinski definition) is 5. The van der Waals surface area contributed by atoms with Crippen LogP contribution >= 0.6 is 11.8 Å². The van der Waals surface area contributed by atoms with Gasteiger partial charge < -0.3 is 25.2 Å². The first-order chi connectivity index (χ1) is 10.7. The number of aliphatic hydroxyl groups is 1. The molecule has 0 aliphatic carbocycles. The Morgan fingerprint density at radius 1 is 1.36 bits per heavy atom. The maximum atomic E-state index is 10.4. The first-order valence-electron chi connectivity index (χ1n) is 7.18. The van der Waals surface area contributed by atoms with E-state index < -0.39 is 6.10 Å². The van der Waals surface area contributed by atoms with Gasteiger partial charge in [-0.1, -0.05) is 0 Å². The average molecular weight is 325 g/mol. The van der Waals surface area contributed by atoms with Crippen LogP contribution in [0.1, 0.15) is 11.7 Å². The van der Waals surface area contributed by atoms with Gasteiger partial charge in [0.05, 0.1) is 20.8 Å². The quantitative estimate of drug-likeness (QED) is 0.623. The van der Waals surface area contributed by atoms with E-state index in [0.717, 1.165) is 24.6 Å². The molecular formula is C15H23N3O3S. The minimum atomic E-state index is -0.789. The van der Waals surface area contributed by atoms with E-state index in [-0.39, 0.29) is 6.54 Å². The Hall–Kier alpha value is -1.60. The summed E-state index contributed by atoms with van der Waals surface area (Å²) in [6.07, 6.45) is -0.789. The van der Waals surface area contributed by atoms with Crippen LogP contribution in [0.2, 0.25) is 0 Å². The highest BCUT2D eigenvalue weighted by atomic mass is 32.2. The van der Waals surface area contributed by atoms with Crippen molar-refractivity contribution in [3.05, 3.63) is 23.8 Å². The van der Waals surface area contributed by atoms with Gasteiger partial charge in [0.25, 0.3) is 0 Å². The van der Waals surface area contributed by atoms with Crippen LogP contribution in [0.15, 0.2) is 23.2 Å². The summed E-state index contributed by atoms with van der Waals surface area (Å²) in [7, 11) is 3.16. The van der Waals surface area contributed by atoms with E-state index in [1.54, 1.807) is 32.4 Å². The molecule has 122 valence electrons. The average Bonchev–Trinajstić information content (AvgIpc) is 2.59. The summed E-state index contributed by atoms with van der Waals surface area (Å²) in [5.41, 5.74) is 6.65. The van der Waals surface area contributed by atoms with Crippen LogP contribution in [0.5, 0.6) is 11.5 Å². The summed E-state index contributed by atoms with van der Waals surface area (Å²) < 4.78 is 10.5. The van der Waals surface area contributed by atoms with Crippen molar-refractivity contribution in [3.63, 3.8) is 0 Å². The largest absolute Gasteiger partial charge is 0.497 e. The van der Waals surface area contributed by atoms with E-state index in [2.05, 4.69) is 4.99 Å². The van der Waals surface area contributed by atoms with Crippen molar-refractivity contribution in [3.8, 4) is 11.5 Å². The minimum Gasteiger partial charge on any atom is -0.497 e. The molecule has 7 heteroatoms. The van der Waals surface area contributed by atoms with Crippen LogP contribution < -0.4 is 15.2 Å². The van der Waals surface area contributed by atoms with E-state index in [9.17, 15) is 5.11 Å². The second kappa shape index (κ2) is 8.14. The molecular weight excluding hydrogens is 302 g/mol. The van der Waals surface area contributed by atoms with Gasteiger partial charge in [-0.25, -0.2) is 0 Å². The molecule has 1 aromatic rings. The Kier molecular flexibility index (Phi) is 6.21. The highest BCUT2D eigenvalue weighted by Gasteiger charge is 2.16. The third-order valence-electron chi connectivity index (χ3n) is 3.56. The molecule has 6 nitrogen and oxygen atoms in total. The molecule has 1 heterocycles. The van der Waals surface area contributed by atoms with Crippen molar-refractivity contribution < 1.29 is 14.6 Å². The normalized spacial score (nSPS) is 17.2. The Morgan fingerprint density at radius 2 is 2.09 bits per heavy atom. The smallest absolute Gasteiger partial charge is 0.191 e. The van der Waals surface area contributed by atoms with Crippen molar-refractivity contribution in [2.75, 3.05) is 45.4 Å². The first-order valence-corrected chi connectivity index (χ1v) is 8.33. The first kappa shape index (κ1) is 16.8. The molecule has 0 spiro atoms. The summed E-state index contributed by atoms with van der Waals surface area (Å²) in [5.74, 6) is 3.88. The Balaban J connectivity index is 2.06. The predicted molar refractivity (Wildman–Crippen MR) is 89.9 cm³/mol. The highest BCUT2D eigenvalue weighted by Crippen LogP contribution is 2.29. The molecule has 1 aliphatic heterocycles. The van der Waals surface area contributed by atoms with Gasteiger partial charge in [0.15, 0.2) is 5.96 Å². The number of nitrogens with two attached hydrogens (primary N) is 1. The van der Waals surface area contributed by atoms with Crippen molar-refractivity contribution in [2.45, 2.75) is 6.10 Å². The van der Waals surface area contributed by atoms with E-state index in [1.165, 1.54) is 0 Å². The van der Waals surface area contributed by atoms with Crippen LogP contribution in [0.4, 0.5) is 0 Å². The Bertz CT molecular complexity index is 519. The van der Waals surface area contributed by atoms with E-state index >= 15 is 0 Å². The molecule has 0 saturated carbocycles. The van der Waals surface area contributed by atoms with Crippen molar-refractivity contribution in [2.24, 2.45) is 10.7 Å². The molecule has 22 heavy (non-hydrogen) atoms. The molecule has 1 fully saturated rings. The lowest BCUT2D eigenvalue weighted by molar-refractivity contribution is 0.181. The Labute approximate surface area is 135 Å². The van der Waals surface area contributed by atoms with Crippen LogP contribution in [-0.4, -0.2) is 61.3 Å². The highest BCUT2D eigenvalue weighted by molar-refractivity contribution is 7.99. The van der Waals surface area contributed by atoms with Gasteiger partial charge in [0, 0.05) is 30.2 Å². The van der Waals surface area contributed by atoms with Gasteiger partial charge >= 0.3 is 0 Å². The lowest BCUT2D eigenvalue weighted by Crippen LogP contribution is -2.42. The number of nitrogens with zero attached hydrogens (tertiary/aromatic N) is 2. The second-order valence-corrected chi connectivity index (χ2v) is 6.15. The lowest BCUT2D eigenvalue weighted by Gasteiger charge is -2.27. The van der Waals surface area contributed by atoms with E-state index in [0.29, 0.717) is 23.0 Å².